The zero-order chi connectivity index (χ0) is 10.3. The lowest BCUT2D eigenvalue weighted by Crippen LogP contribution is -2.02. The van der Waals surface area contributed by atoms with Gasteiger partial charge in [0.25, 0.3) is 0 Å². The highest BCUT2D eigenvalue weighted by atomic mass is 16.5. The minimum Gasteiger partial charge on any atom is -0.465 e. The van der Waals surface area contributed by atoms with Crippen LogP contribution in [0.5, 0.6) is 0 Å². The number of hydrogen-bond acceptors (Lipinski definition) is 2. The maximum Gasteiger partial charge on any atom is 0.338 e. The molecule has 0 aliphatic carbocycles. The topological polar surface area (TPSA) is 26.3 Å². The maximum absolute atomic E-state index is 11.0. The van der Waals surface area contributed by atoms with Crippen molar-refractivity contribution in [2.45, 2.75) is 6.92 Å². The Hall–Kier alpha value is -1.57. The number of carbonyl (C=O) groups excluding carboxylic acids is 1. The standard InChI is InChI=1S/C9H10O2.C2H4/c1-7-5-3-4-6-8(7)9(10)11-2;1-2/h3-6H,1-2H3;1-2H2. The Morgan fingerprint density at radius 3 is 2.31 bits per heavy atom. The molecule has 2 heteroatoms. The fourth-order valence-electron chi connectivity index (χ4n) is 0.912. The smallest absolute Gasteiger partial charge is 0.338 e. The van der Waals surface area contributed by atoms with E-state index in [1.165, 1.54) is 7.11 Å². The highest BCUT2D eigenvalue weighted by Crippen LogP contribution is 2.07. The van der Waals surface area contributed by atoms with Gasteiger partial charge in [-0.05, 0) is 18.6 Å². The van der Waals surface area contributed by atoms with Crippen molar-refractivity contribution < 1.29 is 9.53 Å². The zero-order valence-corrected chi connectivity index (χ0v) is 8.04. The zero-order valence-electron chi connectivity index (χ0n) is 8.04. The number of ether oxygens (including phenoxy) is 1. The van der Waals surface area contributed by atoms with E-state index in [0.717, 1.165) is 5.56 Å². The van der Waals surface area contributed by atoms with Crippen LogP contribution in [0.4, 0.5) is 0 Å². The number of rotatable bonds is 1. The maximum atomic E-state index is 11.0. The third kappa shape index (κ3) is 3.11. The number of methoxy groups -OCH3 is 1. The average molecular weight is 178 g/mol. The van der Waals surface area contributed by atoms with E-state index in [1.54, 1.807) is 6.07 Å². The van der Waals surface area contributed by atoms with Crippen molar-refractivity contribution >= 4 is 5.97 Å². The first-order valence-electron chi connectivity index (χ1n) is 3.89. The molecule has 0 unspecified atom stereocenters. The number of carbonyl (C=O) groups is 1. The Bertz CT molecular complexity index is 279. The lowest BCUT2D eigenvalue weighted by atomic mass is 10.1. The third-order valence-electron chi connectivity index (χ3n) is 1.55. The lowest BCUT2D eigenvalue weighted by Gasteiger charge is -2.00. The van der Waals surface area contributed by atoms with Gasteiger partial charge in [-0.2, -0.15) is 0 Å². The van der Waals surface area contributed by atoms with E-state index in [2.05, 4.69) is 17.9 Å². The first-order chi connectivity index (χ1) is 6.25. The Kier molecular flexibility index (Phi) is 5.28. The molecule has 0 fully saturated rings. The van der Waals surface area contributed by atoms with E-state index in [0.29, 0.717) is 5.56 Å². The number of aryl methyl sites for hydroxylation is 1. The molecule has 0 radical (unpaired) electrons. The van der Waals surface area contributed by atoms with Crippen LogP contribution in [0.1, 0.15) is 15.9 Å². The molecule has 0 heterocycles. The fourth-order valence-corrected chi connectivity index (χ4v) is 0.912. The molecule has 0 N–H and O–H groups in total. The van der Waals surface area contributed by atoms with Gasteiger partial charge in [-0.1, -0.05) is 18.2 Å². The van der Waals surface area contributed by atoms with Crippen LogP contribution in [0.15, 0.2) is 37.4 Å². The predicted octanol–water partition coefficient (Wildman–Crippen LogP) is 2.58. The van der Waals surface area contributed by atoms with Crippen molar-refractivity contribution in [2.75, 3.05) is 7.11 Å². The number of benzene rings is 1. The van der Waals surface area contributed by atoms with Crippen LogP contribution in [0.3, 0.4) is 0 Å². The minimum absolute atomic E-state index is 0.275. The molecular weight excluding hydrogens is 164 g/mol. The van der Waals surface area contributed by atoms with Crippen LogP contribution in [0.2, 0.25) is 0 Å². The van der Waals surface area contributed by atoms with Crippen molar-refractivity contribution in [1.82, 2.24) is 0 Å². The summed E-state index contributed by atoms with van der Waals surface area (Å²) in [6.07, 6.45) is 0. The van der Waals surface area contributed by atoms with Crippen molar-refractivity contribution in [1.29, 1.82) is 0 Å². The molecule has 0 saturated heterocycles. The van der Waals surface area contributed by atoms with Gasteiger partial charge in [0.05, 0.1) is 12.7 Å². The highest BCUT2D eigenvalue weighted by Gasteiger charge is 2.05. The molecular formula is C11H14O2. The van der Waals surface area contributed by atoms with E-state index in [1.807, 2.05) is 25.1 Å². The minimum atomic E-state index is -0.275. The normalized spacial score (nSPS) is 8.15. The van der Waals surface area contributed by atoms with Gasteiger partial charge in [0, 0.05) is 0 Å². The first-order valence-corrected chi connectivity index (χ1v) is 3.89. The molecule has 13 heavy (non-hydrogen) atoms. The van der Waals surface area contributed by atoms with E-state index < -0.39 is 0 Å². The summed E-state index contributed by atoms with van der Waals surface area (Å²) in [5.41, 5.74) is 1.58. The van der Waals surface area contributed by atoms with Crippen LogP contribution in [0.25, 0.3) is 0 Å². The summed E-state index contributed by atoms with van der Waals surface area (Å²) < 4.78 is 4.58. The molecule has 1 aromatic carbocycles. The molecule has 0 aliphatic heterocycles. The van der Waals surface area contributed by atoms with E-state index in [-0.39, 0.29) is 5.97 Å². The second-order valence-electron chi connectivity index (χ2n) is 2.31. The van der Waals surface area contributed by atoms with Crippen molar-refractivity contribution in [3.05, 3.63) is 48.6 Å². The van der Waals surface area contributed by atoms with Gasteiger partial charge >= 0.3 is 5.97 Å². The van der Waals surface area contributed by atoms with Gasteiger partial charge in [-0.15, -0.1) is 13.2 Å². The predicted molar refractivity (Wildman–Crippen MR) is 53.8 cm³/mol. The molecule has 0 aliphatic rings. The Morgan fingerprint density at radius 2 is 1.85 bits per heavy atom. The molecule has 1 aromatic rings. The molecule has 0 aromatic heterocycles. The number of esters is 1. The Labute approximate surface area is 78.8 Å². The summed E-state index contributed by atoms with van der Waals surface area (Å²) in [6, 6.07) is 7.34. The SMILES string of the molecule is C=C.COC(=O)c1ccccc1C. The second-order valence-corrected chi connectivity index (χ2v) is 2.31. The Morgan fingerprint density at radius 1 is 1.31 bits per heavy atom. The molecule has 70 valence electrons. The van der Waals surface area contributed by atoms with Gasteiger partial charge in [0.15, 0.2) is 0 Å². The van der Waals surface area contributed by atoms with Crippen LogP contribution >= 0.6 is 0 Å². The summed E-state index contributed by atoms with van der Waals surface area (Å²) in [5, 5.41) is 0. The van der Waals surface area contributed by atoms with Crippen molar-refractivity contribution in [3.63, 3.8) is 0 Å². The van der Waals surface area contributed by atoms with Crippen LogP contribution in [-0.4, -0.2) is 13.1 Å². The van der Waals surface area contributed by atoms with Crippen LogP contribution in [-0.2, 0) is 4.74 Å². The summed E-state index contributed by atoms with van der Waals surface area (Å²) in [5.74, 6) is -0.275. The first kappa shape index (κ1) is 11.4. The van der Waals surface area contributed by atoms with E-state index in [9.17, 15) is 4.79 Å². The van der Waals surface area contributed by atoms with E-state index in [4.69, 9.17) is 0 Å². The molecule has 0 spiro atoms. The quantitative estimate of drug-likeness (QED) is 0.488. The monoisotopic (exact) mass is 178 g/mol. The van der Waals surface area contributed by atoms with Crippen molar-refractivity contribution in [2.24, 2.45) is 0 Å². The van der Waals surface area contributed by atoms with Gasteiger partial charge in [-0.25, -0.2) is 4.79 Å². The van der Waals surface area contributed by atoms with Gasteiger partial charge in [-0.3, -0.25) is 0 Å². The summed E-state index contributed by atoms with van der Waals surface area (Å²) in [4.78, 5) is 11.0. The molecule has 0 saturated carbocycles. The third-order valence-corrected chi connectivity index (χ3v) is 1.55. The molecule has 1 rings (SSSR count). The average Bonchev–Trinajstić information content (AvgIpc) is 2.20. The largest absolute Gasteiger partial charge is 0.465 e. The molecule has 0 amide bonds. The van der Waals surface area contributed by atoms with Gasteiger partial charge in [0.1, 0.15) is 0 Å². The van der Waals surface area contributed by atoms with Crippen molar-refractivity contribution in [3.8, 4) is 0 Å². The molecule has 0 atom stereocenters. The second kappa shape index (κ2) is 6.00. The van der Waals surface area contributed by atoms with E-state index >= 15 is 0 Å². The molecule has 2 nitrogen and oxygen atoms in total. The Balaban J connectivity index is 0.000000671. The highest BCUT2D eigenvalue weighted by molar-refractivity contribution is 5.90. The number of hydrogen-bond donors (Lipinski definition) is 0. The summed E-state index contributed by atoms with van der Waals surface area (Å²) in [6.45, 7) is 7.88. The van der Waals surface area contributed by atoms with Crippen LogP contribution < -0.4 is 0 Å². The summed E-state index contributed by atoms with van der Waals surface area (Å²) in [7, 11) is 1.38. The lowest BCUT2D eigenvalue weighted by molar-refractivity contribution is 0.0600. The van der Waals surface area contributed by atoms with Gasteiger partial charge < -0.3 is 4.74 Å². The van der Waals surface area contributed by atoms with Gasteiger partial charge in [0.2, 0.25) is 0 Å². The summed E-state index contributed by atoms with van der Waals surface area (Å²) >= 11 is 0. The fraction of sp³-hybridized carbons (Fsp3) is 0.182. The molecule has 0 bridgehead atoms. The van der Waals surface area contributed by atoms with Crippen LogP contribution in [0, 0.1) is 6.92 Å².